The highest BCUT2D eigenvalue weighted by molar-refractivity contribution is 7.48. The monoisotopic (exact) mass is 397 g/mol. The molecule has 0 radical (unpaired) electrons. The number of phosphoric acid groups is 1. The smallest absolute Gasteiger partial charge is 0.469 e. The summed E-state index contributed by atoms with van der Waals surface area (Å²) < 4.78 is 36.9. The van der Waals surface area contributed by atoms with Crippen LogP contribution in [0.5, 0.6) is 0 Å². The number of nitrogens with one attached hydrogen (secondary N) is 1. The maximum absolute atomic E-state index is 12.6. The zero-order valence-corrected chi connectivity index (χ0v) is 16.7. The van der Waals surface area contributed by atoms with Gasteiger partial charge in [-0.1, -0.05) is 20.8 Å². The molecule has 0 saturated carbocycles. The fourth-order valence-corrected chi connectivity index (χ4v) is 2.79. The van der Waals surface area contributed by atoms with E-state index in [2.05, 4.69) is 10.1 Å². The molecule has 10 nitrogen and oxygen atoms in total. The van der Waals surface area contributed by atoms with Crippen molar-refractivity contribution in [2.75, 3.05) is 27.1 Å². The first-order valence-electron chi connectivity index (χ1n) is 8.27. The normalized spacial score (nSPS) is 14.4. The standard InChI is InChI=1S/C15H28NO9P/c1-6-12(14(18)16-9-8-13(17)21-5)25-26(20,23-7-2)24-10-22-15(19)11(3)4/h11-12H,6-10H2,1-5H3,(H,16,18)/t12-,26?/m1/s1. The van der Waals surface area contributed by atoms with Crippen LogP contribution < -0.4 is 5.32 Å². The van der Waals surface area contributed by atoms with E-state index in [0.29, 0.717) is 0 Å². The van der Waals surface area contributed by atoms with E-state index in [1.54, 1.807) is 27.7 Å². The van der Waals surface area contributed by atoms with Gasteiger partial charge in [0.05, 0.1) is 26.1 Å². The van der Waals surface area contributed by atoms with E-state index in [1.165, 1.54) is 7.11 Å². The summed E-state index contributed by atoms with van der Waals surface area (Å²) in [4.78, 5) is 34.5. The van der Waals surface area contributed by atoms with Gasteiger partial charge in [0.15, 0.2) is 0 Å². The second-order valence-corrected chi connectivity index (χ2v) is 6.97. The van der Waals surface area contributed by atoms with Crippen LogP contribution in [0.4, 0.5) is 0 Å². The Balaban J connectivity index is 4.69. The van der Waals surface area contributed by atoms with E-state index in [4.69, 9.17) is 18.3 Å². The molecule has 0 aliphatic heterocycles. The van der Waals surface area contributed by atoms with Crippen molar-refractivity contribution in [3.63, 3.8) is 0 Å². The molecule has 0 aromatic carbocycles. The fourth-order valence-electron chi connectivity index (χ4n) is 1.54. The Morgan fingerprint density at radius 2 is 1.77 bits per heavy atom. The fraction of sp³-hybridized carbons (Fsp3) is 0.800. The molecule has 0 aromatic heterocycles. The molecule has 26 heavy (non-hydrogen) atoms. The molecular formula is C15H28NO9P. The molecule has 0 saturated heterocycles. The first kappa shape index (κ1) is 24.5. The molecule has 0 aliphatic carbocycles. The van der Waals surface area contributed by atoms with Crippen molar-refractivity contribution in [2.24, 2.45) is 5.92 Å². The molecule has 11 heteroatoms. The average molecular weight is 397 g/mol. The zero-order chi connectivity index (χ0) is 20.2. The molecule has 1 unspecified atom stereocenters. The predicted octanol–water partition coefficient (Wildman–Crippen LogP) is 1.78. The molecule has 0 heterocycles. The summed E-state index contributed by atoms with van der Waals surface area (Å²) in [5.74, 6) is -1.98. The molecule has 1 amide bonds. The Kier molecular flexibility index (Phi) is 12.1. The molecule has 0 bridgehead atoms. The molecule has 0 spiro atoms. The van der Waals surface area contributed by atoms with Gasteiger partial charge in [-0.25, -0.2) is 9.09 Å². The number of methoxy groups -OCH3 is 1. The quantitative estimate of drug-likeness (QED) is 0.281. The summed E-state index contributed by atoms with van der Waals surface area (Å²) in [5, 5.41) is 2.47. The van der Waals surface area contributed by atoms with Crippen LogP contribution >= 0.6 is 7.82 Å². The molecule has 0 rings (SSSR count). The predicted molar refractivity (Wildman–Crippen MR) is 90.9 cm³/mol. The lowest BCUT2D eigenvalue weighted by Gasteiger charge is -2.22. The SMILES string of the molecule is CCOP(=O)(OCOC(=O)C(C)C)O[C@H](CC)C(=O)NCCC(=O)OC. The minimum absolute atomic E-state index is 0.00417. The van der Waals surface area contributed by atoms with Crippen LogP contribution in [0.25, 0.3) is 0 Å². The van der Waals surface area contributed by atoms with Crippen molar-refractivity contribution in [2.45, 2.75) is 46.6 Å². The molecular weight excluding hydrogens is 369 g/mol. The maximum Gasteiger partial charge on any atom is 0.478 e. The van der Waals surface area contributed by atoms with E-state index in [1.807, 2.05) is 0 Å². The zero-order valence-electron chi connectivity index (χ0n) is 15.8. The molecule has 1 N–H and O–H groups in total. The van der Waals surface area contributed by atoms with Gasteiger partial charge in [-0.2, -0.15) is 0 Å². The summed E-state index contributed by atoms with van der Waals surface area (Å²) in [6.45, 7) is 5.87. The number of esters is 2. The van der Waals surface area contributed by atoms with Gasteiger partial charge in [-0.3, -0.25) is 23.4 Å². The van der Waals surface area contributed by atoms with Crippen molar-refractivity contribution in [1.82, 2.24) is 5.32 Å². The largest absolute Gasteiger partial charge is 0.478 e. The number of rotatable bonds is 13. The van der Waals surface area contributed by atoms with Gasteiger partial charge in [-0.15, -0.1) is 0 Å². The second-order valence-electron chi connectivity index (χ2n) is 5.35. The molecule has 0 fully saturated rings. The first-order chi connectivity index (χ1) is 12.2. The third-order valence-electron chi connectivity index (χ3n) is 2.95. The number of amides is 1. The first-order valence-corrected chi connectivity index (χ1v) is 9.73. The van der Waals surface area contributed by atoms with E-state index in [-0.39, 0.29) is 31.9 Å². The number of hydrogen-bond acceptors (Lipinski definition) is 9. The van der Waals surface area contributed by atoms with Gasteiger partial charge in [0.25, 0.3) is 0 Å². The van der Waals surface area contributed by atoms with Crippen molar-refractivity contribution in [1.29, 1.82) is 0 Å². The van der Waals surface area contributed by atoms with Gasteiger partial charge in [0.2, 0.25) is 12.7 Å². The molecule has 152 valence electrons. The third kappa shape index (κ3) is 9.86. The van der Waals surface area contributed by atoms with Crippen LogP contribution in [0.3, 0.4) is 0 Å². The maximum atomic E-state index is 12.6. The number of hydrogen-bond donors (Lipinski definition) is 1. The summed E-state index contributed by atoms with van der Waals surface area (Å²) >= 11 is 0. The summed E-state index contributed by atoms with van der Waals surface area (Å²) in [6.07, 6.45) is -0.967. The lowest BCUT2D eigenvalue weighted by Crippen LogP contribution is -2.37. The number of phosphoric ester groups is 1. The van der Waals surface area contributed by atoms with Crippen LogP contribution in [0.2, 0.25) is 0 Å². The Hall–Kier alpha value is -1.48. The van der Waals surface area contributed by atoms with Crippen LogP contribution in [-0.4, -0.2) is 51.0 Å². The lowest BCUT2D eigenvalue weighted by molar-refractivity contribution is -0.155. The summed E-state index contributed by atoms with van der Waals surface area (Å²) in [5.41, 5.74) is 0. The summed E-state index contributed by atoms with van der Waals surface area (Å²) in [6, 6.07) is 0. The van der Waals surface area contributed by atoms with Crippen LogP contribution in [-0.2, 0) is 42.0 Å². The Labute approximate surface area is 153 Å². The van der Waals surface area contributed by atoms with Crippen LogP contribution in [0, 0.1) is 5.92 Å². The van der Waals surface area contributed by atoms with E-state index >= 15 is 0 Å². The van der Waals surface area contributed by atoms with Crippen LogP contribution in [0.1, 0.15) is 40.5 Å². The Bertz CT molecular complexity index is 509. The minimum atomic E-state index is -4.12. The minimum Gasteiger partial charge on any atom is -0.469 e. The summed E-state index contributed by atoms with van der Waals surface area (Å²) in [7, 11) is -2.88. The highest BCUT2D eigenvalue weighted by Crippen LogP contribution is 2.50. The van der Waals surface area contributed by atoms with Crippen molar-refractivity contribution >= 4 is 25.7 Å². The van der Waals surface area contributed by atoms with E-state index < -0.39 is 38.6 Å². The number of ether oxygens (including phenoxy) is 2. The van der Waals surface area contributed by atoms with Gasteiger partial charge in [-0.05, 0) is 13.3 Å². The highest BCUT2D eigenvalue weighted by Gasteiger charge is 2.33. The molecule has 0 aliphatic rings. The van der Waals surface area contributed by atoms with Crippen molar-refractivity contribution in [3.8, 4) is 0 Å². The Morgan fingerprint density at radius 3 is 2.27 bits per heavy atom. The van der Waals surface area contributed by atoms with Gasteiger partial charge >= 0.3 is 19.8 Å². The topological polar surface area (TPSA) is 126 Å². The molecule has 0 aromatic rings. The third-order valence-corrected chi connectivity index (χ3v) is 4.45. The van der Waals surface area contributed by atoms with Crippen LogP contribution in [0.15, 0.2) is 0 Å². The number of carbonyl (C=O) groups excluding carboxylic acids is 3. The van der Waals surface area contributed by atoms with Gasteiger partial charge in [0, 0.05) is 6.54 Å². The van der Waals surface area contributed by atoms with Gasteiger partial charge in [0.1, 0.15) is 6.10 Å². The lowest BCUT2D eigenvalue weighted by atomic mass is 10.2. The molecule has 2 atom stereocenters. The average Bonchev–Trinajstić information content (AvgIpc) is 2.59. The second kappa shape index (κ2) is 12.8. The highest BCUT2D eigenvalue weighted by atomic mass is 31.2. The number of carbonyl (C=O) groups is 3. The van der Waals surface area contributed by atoms with Crippen molar-refractivity contribution < 1.29 is 42.0 Å². The Morgan fingerprint density at radius 1 is 1.12 bits per heavy atom. The van der Waals surface area contributed by atoms with E-state index in [9.17, 15) is 18.9 Å². The van der Waals surface area contributed by atoms with Crippen molar-refractivity contribution in [3.05, 3.63) is 0 Å². The van der Waals surface area contributed by atoms with Gasteiger partial charge < -0.3 is 14.8 Å². The van der Waals surface area contributed by atoms with E-state index in [0.717, 1.165) is 0 Å².